The number of halogens is 2. The molecular weight excluding hydrogens is 565 g/mol. The Hall–Kier alpha value is -3.31. The number of benzene rings is 2. The SMILES string of the molecule is CNS(=O)(=O)CCCNC1=C(C(=N)N)N(c2ccc(F)c(Br)c2)ON1OCc1ccc([N+](=O)[O-])cc1. The topological polar surface area (TPSA) is 176 Å². The van der Waals surface area contributed by atoms with Gasteiger partial charge in [0.05, 0.1) is 20.8 Å². The van der Waals surface area contributed by atoms with E-state index in [-0.39, 0.29) is 47.0 Å². The molecule has 0 amide bonds. The molecule has 0 saturated carbocycles. The van der Waals surface area contributed by atoms with E-state index >= 15 is 0 Å². The number of nitrogens with one attached hydrogen (secondary N) is 3. The normalized spacial score (nSPS) is 13.9. The molecule has 1 aliphatic rings. The van der Waals surface area contributed by atoms with Crippen molar-refractivity contribution < 1.29 is 27.5 Å². The highest BCUT2D eigenvalue weighted by molar-refractivity contribution is 9.10. The maximum absolute atomic E-state index is 13.8. The zero-order chi connectivity index (χ0) is 26.5. The zero-order valence-corrected chi connectivity index (χ0v) is 21.3. The summed E-state index contributed by atoms with van der Waals surface area (Å²) >= 11 is 3.10. The fourth-order valence-corrected chi connectivity index (χ4v) is 4.11. The van der Waals surface area contributed by atoms with Crippen LogP contribution >= 0.6 is 15.9 Å². The summed E-state index contributed by atoms with van der Waals surface area (Å²) in [6.07, 6.45) is 0.205. The van der Waals surface area contributed by atoms with Crippen LogP contribution in [-0.2, 0) is 26.4 Å². The molecule has 3 rings (SSSR count). The molecule has 194 valence electrons. The van der Waals surface area contributed by atoms with Crippen LogP contribution in [0.25, 0.3) is 0 Å². The Labute approximate surface area is 214 Å². The molecule has 0 unspecified atom stereocenters. The zero-order valence-electron chi connectivity index (χ0n) is 18.9. The van der Waals surface area contributed by atoms with Gasteiger partial charge in [-0.2, -0.15) is 5.06 Å². The summed E-state index contributed by atoms with van der Waals surface area (Å²) in [5, 5.41) is 24.0. The maximum atomic E-state index is 13.8. The number of amidine groups is 1. The Morgan fingerprint density at radius 3 is 2.58 bits per heavy atom. The number of hydroxylamine groups is 3. The first-order valence-electron chi connectivity index (χ1n) is 10.4. The van der Waals surface area contributed by atoms with E-state index in [2.05, 4.69) is 26.0 Å². The summed E-state index contributed by atoms with van der Waals surface area (Å²) in [6, 6.07) is 9.67. The van der Waals surface area contributed by atoms with Gasteiger partial charge in [0.15, 0.2) is 11.5 Å². The summed E-state index contributed by atoms with van der Waals surface area (Å²) in [5.74, 6) is -0.978. The third-order valence-electron chi connectivity index (χ3n) is 4.85. The van der Waals surface area contributed by atoms with Gasteiger partial charge in [-0.3, -0.25) is 15.5 Å². The molecule has 2 aromatic carbocycles. The van der Waals surface area contributed by atoms with Gasteiger partial charge in [0, 0.05) is 18.7 Å². The first-order valence-corrected chi connectivity index (χ1v) is 12.8. The van der Waals surface area contributed by atoms with Gasteiger partial charge in [-0.15, -0.1) is 4.94 Å². The minimum Gasteiger partial charge on any atom is -0.382 e. The number of sulfonamides is 1. The standard InChI is InChI=1S/C20H23BrFN7O6S/c1-25-36(32,33)10-2-9-26-20-18(19(23)24)27(15-7-8-17(22)16(21)11-15)35-29(20)34-12-13-3-5-14(6-4-13)28(30)31/h3-8,11,25-26H,2,9-10,12H2,1H3,(H3,23,24). The largest absolute Gasteiger partial charge is 0.382 e. The molecule has 0 spiro atoms. The molecule has 0 aromatic heterocycles. The predicted octanol–water partition coefficient (Wildman–Crippen LogP) is 2.23. The summed E-state index contributed by atoms with van der Waals surface area (Å²) < 4.78 is 39.6. The van der Waals surface area contributed by atoms with Crippen molar-refractivity contribution in [2.24, 2.45) is 5.73 Å². The molecule has 0 aliphatic carbocycles. The van der Waals surface area contributed by atoms with Gasteiger partial charge in [0.2, 0.25) is 10.0 Å². The van der Waals surface area contributed by atoms with E-state index < -0.39 is 26.6 Å². The molecule has 1 aliphatic heterocycles. The Bertz CT molecular complexity index is 1280. The second-order valence-electron chi connectivity index (χ2n) is 7.34. The Kier molecular flexibility index (Phi) is 8.80. The summed E-state index contributed by atoms with van der Waals surface area (Å²) in [5.41, 5.74) is 6.67. The highest BCUT2D eigenvalue weighted by atomic mass is 79.9. The minimum absolute atomic E-state index is 0.0358. The molecular formula is C20H23BrFN7O6S. The molecule has 2 aromatic rings. The van der Waals surface area contributed by atoms with E-state index in [0.717, 1.165) is 10.3 Å². The van der Waals surface area contributed by atoms with Crippen LogP contribution in [0.3, 0.4) is 0 Å². The lowest BCUT2D eigenvalue weighted by Gasteiger charge is -2.22. The molecule has 0 radical (unpaired) electrons. The summed E-state index contributed by atoms with van der Waals surface area (Å²) in [6.45, 7) is 0.0676. The van der Waals surface area contributed by atoms with Crippen LogP contribution in [0.5, 0.6) is 0 Å². The number of nitrogens with two attached hydrogens (primary N) is 1. The van der Waals surface area contributed by atoms with Crippen LogP contribution in [0.2, 0.25) is 0 Å². The van der Waals surface area contributed by atoms with Crippen molar-refractivity contribution in [2.75, 3.05) is 24.4 Å². The van der Waals surface area contributed by atoms with Crippen molar-refractivity contribution in [3.05, 3.63) is 80.0 Å². The number of non-ortho nitro benzene ring substituents is 1. The molecule has 16 heteroatoms. The minimum atomic E-state index is -3.43. The number of hydrogen-bond acceptors (Lipinski definition) is 10. The van der Waals surface area contributed by atoms with Crippen LogP contribution < -0.4 is 20.8 Å². The third-order valence-corrected chi connectivity index (χ3v) is 6.90. The van der Waals surface area contributed by atoms with Crippen molar-refractivity contribution in [2.45, 2.75) is 13.0 Å². The average molecular weight is 588 g/mol. The number of rotatable bonds is 12. The van der Waals surface area contributed by atoms with Crippen molar-refractivity contribution in [1.82, 2.24) is 15.3 Å². The van der Waals surface area contributed by atoms with Crippen molar-refractivity contribution in [1.29, 1.82) is 5.41 Å². The lowest BCUT2D eigenvalue weighted by molar-refractivity contribution is -0.384. The van der Waals surface area contributed by atoms with Gasteiger partial charge >= 0.3 is 0 Å². The number of anilines is 1. The Balaban J connectivity index is 1.85. The van der Waals surface area contributed by atoms with Crippen LogP contribution in [0, 0.1) is 21.3 Å². The average Bonchev–Trinajstić information content (AvgIpc) is 3.21. The summed E-state index contributed by atoms with van der Waals surface area (Å²) in [4.78, 5) is 21.8. The summed E-state index contributed by atoms with van der Waals surface area (Å²) in [7, 11) is -2.11. The van der Waals surface area contributed by atoms with E-state index in [1.54, 1.807) is 0 Å². The lowest BCUT2D eigenvalue weighted by Crippen LogP contribution is -2.32. The van der Waals surface area contributed by atoms with E-state index in [1.807, 2.05) is 0 Å². The van der Waals surface area contributed by atoms with Gasteiger partial charge in [-0.05, 0) is 65.3 Å². The number of nitrogens with zero attached hydrogens (tertiary/aromatic N) is 3. The van der Waals surface area contributed by atoms with Crippen LogP contribution in [-0.4, -0.2) is 43.7 Å². The van der Waals surface area contributed by atoms with Crippen molar-refractivity contribution >= 4 is 43.2 Å². The van der Waals surface area contributed by atoms with Crippen LogP contribution in [0.15, 0.2) is 58.5 Å². The fourth-order valence-electron chi connectivity index (χ4n) is 3.02. The third kappa shape index (κ3) is 6.67. The number of nitro groups is 1. The van der Waals surface area contributed by atoms with Gasteiger partial charge < -0.3 is 11.1 Å². The molecule has 0 saturated heterocycles. The van der Waals surface area contributed by atoms with Gasteiger partial charge in [0.1, 0.15) is 18.3 Å². The van der Waals surface area contributed by atoms with E-state index in [4.69, 9.17) is 20.9 Å². The first-order chi connectivity index (χ1) is 17.0. The van der Waals surface area contributed by atoms with Crippen LogP contribution in [0.4, 0.5) is 15.8 Å². The van der Waals surface area contributed by atoms with Gasteiger partial charge in [-0.25, -0.2) is 22.4 Å². The second-order valence-corrected chi connectivity index (χ2v) is 10.2. The smallest absolute Gasteiger partial charge is 0.269 e. The quantitative estimate of drug-likeness (QED) is 0.0946. The molecule has 36 heavy (non-hydrogen) atoms. The maximum Gasteiger partial charge on any atom is 0.269 e. The van der Waals surface area contributed by atoms with Gasteiger partial charge in [-0.1, -0.05) is 5.23 Å². The van der Waals surface area contributed by atoms with E-state index in [0.29, 0.717) is 11.3 Å². The number of nitro benzene ring substituents is 1. The lowest BCUT2D eigenvalue weighted by atomic mass is 10.2. The number of hydrogen-bond donors (Lipinski definition) is 4. The molecule has 13 nitrogen and oxygen atoms in total. The van der Waals surface area contributed by atoms with Gasteiger partial charge in [0.25, 0.3) is 5.69 Å². The molecule has 1 heterocycles. The predicted molar refractivity (Wildman–Crippen MR) is 132 cm³/mol. The van der Waals surface area contributed by atoms with Crippen molar-refractivity contribution in [3.8, 4) is 0 Å². The Morgan fingerprint density at radius 2 is 2.00 bits per heavy atom. The van der Waals surface area contributed by atoms with E-state index in [9.17, 15) is 22.9 Å². The fraction of sp³-hybridized carbons (Fsp3) is 0.250. The molecule has 5 N–H and O–H groups in total. The Morgan fingerprint density at radius 1 is 1.31 bits per heavy atom. The van der Waals surface area contributed by atoms with E-state index in [1.165, 1.54) is 49.5 Å². The highest BCUT2D eigenvalue weighted by Gasteiger charge is 2.36. The molecule has 0 fully saturated rings. The highest BCUT2D eigenvalue weighted by Crippen LogP contribution is 2.32. The van der Waals surface area contributed by atoms with Crippen molar-refractivity contribution in [3.63, 3.8) is 0 Å². The monoisotopic (exact) mass is 587 g/mol. The first kappa shape index (κ1) is 27.3. The second kappa shape index (κ2) is 11.6. The molecule has 0 bridgehead atoms. The van der Waals surface area contributed by atoms with Crippen LogP contribution in [0.1, 0.15) is 12.0 Å². The molecule has 0 atom stereocenters.